The fraction of sp³-hybridized carbons (Fsp3) is 0.455. The van der Waals surface area contributed by atoms with Crippen molar-refractivity contribution in [3.8, 4) is 0 Å². The molecule has 1 unspecified atom stereocenters. The number of hydrogen-bond acceptors (Lipinski definition) is 4. The van der Waals surface area contributed by atoms with Gasteiger partial charge in [0.25, 0.3) is 0 Å². The number of nitrogens with zero attached hydrogens (tertiary/aromatic N) is 2. The first-order chi connectivity index (χ1) is 7.72. The van der Waals surface area contributed by atoms with Gasteiger partial charge in [-0.05, 0) is 24.6 Å². The number of hydrogen-bond donors (Lipinski definition) is 2. The third kappa shape index (κ3) is 1.99. The average molecular weight is 220 g/mol. The number of rotatable bonds is 2. The van der Waals surface area contributed by atoms with E-state index in [1.54, 1.807) is 6.20 Å². The molecule has 1 aliphatic heterocycles. The SMILES string of the molecule is CC1C(=O)NCCN1c1cc(CN)ccn1. The first-order valence-corrected chi connectivity index (χ1v) is 5.41. The number of amides is 1. The van der Waals surface area contributed by atoms with Crippen LogP contribution in [0.15, 0.2) is 18.3 Å². The van der Waals surface area contributed by atoms with Crippen LogP contribution >= 0.6 is 0 Å². The van der Waals surface area contributed by atoms with Crippen molar-refractivity contribution in [2.75, 3.05) is 18.0 Å². The summed E-state index contributed by atoms with van der Waals surface area (Å²) in [7, 11) is 0. The smallest absolute Gasteiger partial charge is 0.242 e. The number of nitrogens with two attached hydrogens (primary N) is 1. The Morgan fingerprint density at radius 3 is 3.25 bits per heavy atom. The van der Waals surface area contributed by atoms with E-state index in [0.29, 0.717) is 13.1 Å². The Hall–Kier alpha value is -1.62. The molecule has 0 aliphatic carbocycles. The number of anilines is 1. The van der Waals surface area contributed by atoms with Crippen molar-refractivity contribution in [3.63, 3.8) is 0 Å². The first-order valence-electron chi connectivity index (χ1n) is 5.41. The van der Waals surface area contributed by atoms with Gasteiger partial charge in [-0.15, -0.1) is 0 Å². The van der Waals surface area contributed by atoms with Crippen LogP contribution in [0.1, 0.15) is 12.5 Å². The van der Waals surface area contributed by atoms with Crippen LogP contribution in [0.3, 0.4) is 0 Å². The quantitative estimate of drug-likeness (QED) is 0.728. The van der Waals surface area contributed by atoms with Crippen LogP contribution in [0.2, 0.25) is 0 Å². The van der Waals surface area contributed by atoms with E-state index in [4.69, 9.17) is 5.73 Å². The molecule has 0 saturated carbocycles. The molecule has 2 heterocycles. The Kier molecular flexibility index (Phi) is 3.05. The topological polar surface area (TPSA) is 71.2 Å². The number of piperazine rings is 1. The predicted molar refractivity (Wildman–Crippen MR) is 61.9 cm³/mol. The fourth-order valence-electron chi connectivity index (χ4n) is 1.84. The zero-order chi connectivity index (χ0) is 11.5. The number of pyridine rings is 1. The van der Waals surface area contributed by atoms with Crippen molar-refractivity contribution in [2.45, 2.75) is 19.5 Å². The monoisotopic (exact) mass is 220 g/mol. The first kappa shape index (κ1) is 10.9. The molecule has 1 saturated heterocycles. The van der Waals surface area contributed by atoms with E-state index in [2.05, 4.69) is 10.3 Å². The summed E-state index contributed by atoms with van der Waals surface area (Å²) in [6.07, 6.45) is 1.73. The van der Waals surface area contributed by atoms with E-state index in [1.807, 2.05) is 24.0 Å². The lowest BCUT2D eigenvalue weighted by molar-refractivity contribution is -0.122. The van der Waals surface area contributed by atoms with Gasteiger partial charge in [-0.2, -0.15) is 0 Å². The molecule has 1 aromatic heterocycles. The van der Waals surface area contributed by atoms with Gasteiger partial charge >= 0.3 is 0 Å². The molecule has 1 aromatic rings. The average Bonchev–Trinajstić information content (AvgIpc) is 2.33. The number of carbonyl (C=O) groups is 1. The lowest BCUT2D eigenvalue weighted by atomic mass is 10.2. The van der Waals surface area contributed by atoms with Crippen LogP contribution in [0.25, 0.3) is 0 Å². The highest BCUT2D eigenvalue weighted by Gasteiger charge is 2.26. The van der Waals surface area contributed by atoms with Crippen molar-refractivity contribution < 1.29 is 4.79 Å². The van der Waals surface area contributed by atoms with Crippen LogP contribution in [0.5, 0.6) is 0 Å². The van der Waals surface area contributed by atoms with Crippen molar-refractivity contribution >= 4 is 11.7 Å². The van der Waals surface area contributed by atoms with E-state index in [9.17, 15) is 4.79 Å². The van der Waals surface area contributed by atoms with Gasteiger partial charge in [-0.3, -0.25) is 4.79 Å². The normalized spacial score (nSPS) is 20.8. The Bertz CT molecular complexity index is 393. The summed E-state index contributed by atoms with van der Waals surface area (Å²) >= 11 is 0. The Balaban J connectivity index is 2.25. The molecule has 2 rings (SSSR count). The van der Waals surface area contributed by atoms with E-state index < -0.39 is 0 Å². The van der Waals surface area contributed by atoms with E-state index >= 15 is 0 Å². The molecule has 3 N–H and O–H groups in total. The molecular weight excluding hydrogens is 204 g/mol. The van der Waals surface area contributed by atoms with Gasteiger partial charge < -0.3 is 16.0 Å². The highest BCUT2D eigenvalue weighted by Crippen LogP contribution is 2.16. The lowest BCUT2D eigenvalue weighted by Crippen LogP contribution is -2.54. The fourth-order valence-corrected chi connectivity index (χ4v) is 1.84. The Morgan fingerprint density at radius 1 is 1.69 bits per heavy atom. The molecule has 0 spiro atoms. The standard InChI is InChI=1S/C11H16N4O/c1-8-11(16)14-4-5-15(8)10-6-9(7-12)2-3-13-10/h2-3,6,8H,4-5,7,12H2,1H3,(H,14,16). The zero-order valence-corrected chi connectivity index (χ0v) is 9.31. The van der Waals surface area contributed by atoms with Gasteiger partial charge in [-0.25, -0.2) is 4.98 Å². The summed E-state index contributed by atoms with van der Waals surface area (Å²) in [5.41, 5.74) is 6.62. The third-order valence-electron chi connectivity index (χ3n) is 2.84. The Morgan fingerprint density at radius 2 is 2.50 bits per heavy atom. The van der Waals surface area contributed by atoms with Crippen molar-refractivity contribution in [3.05, 3.63) is 23.9 Å². The minimum absolute atomic E-state index is 0.0474. The largest absolute Gasteiger partial charge is 0.353 e. The summed E-state index contributed by atoms with van der Waals surface area (Å²) in [6, 6.07) is 3.65. The van der Waals surface area contributed by atoms with Crippen LogP contribution < -0.4 is 16.0 Å². The van der Waals surface area contributed by atoms with Crippen LogP contribution in [-0.2, 0) is 11.3 Å². The summed E-state index contributed by atoms with van der Waals surface area (Å²) in [4.78, 5) is 17.8. The van der Waals surface area contributed by atoms with Gasteiger partial charge in [0.2, 0.25) is 5.91 Å². The second-order valence-corrected chi connectivity index (χ2v) is 3.89. The highest BCUT2D eigenvalue weighted by atomic mass is 16.2. The number of carbonyl (C=O) groups excluding carboxylic acids is 1. The van der Waals surface area contributed by atoms with Gasteiger partial charge in [0.05, 0.1) is 0 Å². The summed E-state index contributed by atoms with van der Waals surface area (Å²) in [6.45, 7) is 3.82. The van der Waals surface area contributed by atoms with Crippen molar-refractivity contribution in [1.29, 1.82) is 0 Å². The molecule has 5 nitrogen and oxygen atoms in total. The van der Waals surface area contributed by atoms with E-state index in [0.717, 1.165) is 17.9 Å². The maximum absolute atomic E-state index is 11.5. The summed E-state index contributed by atoms with van der Waals surface area (Å²) < 4.78 is 0. The third-order valence-corrected chi connectivity index (χ3v) is 2.84. The zero-order valence-electron chi connectivity index (χ0n) is 9.31. The lowest BCUT2D eigenvalue weighted by Gasteiger charge is -2.33. The molecule has 16 heavy (non-hydrogen) atoms. The van der Waals surface area contributed by atoms with Gasteiger partial charge in [0.15, 0.2) is 0 Å². The second-order valence-electron chi connectivity index (χ2n) is 3.89. The van der Waals surface area contributed by atoms with Gasteiger partial charge in [-0.1, -0.05) is 0 Å². The van der Waals surface area contributed by atoms with E-state index in [1.165, 1.54) is 0 Å². The minimum Gasteiger partial charge on any atom is -0.353 e. The van der Waals surface area contributed by atoms with E-state index in [-0.39, 0.29) is 11.9 Å². The van der Waals surface area contributed by atoms with Crippen LogP contribution in [0.4, 0.5) is 5.82 Å². The van der Waals surface area contributed by atoms with Gasteiger partial charge in [0, 0.05) is 25.8 Å². The van der Waals surface area contributed by atoms with Crippen molar-refractivity contribution in [1.82, 2.24) is 10.3 Å². The van der Waals surface area contributed by atoms with Gasteiger partial charge in [0.1, 0.15) is 11.9 Å². The molecule has 0 radical (unpaired) electrons. The molecular formula is C11H16N4O. The molecule has 5 heteroatoms. The summed E-state index contributed by atoms with van der Waals surface area (Å²) in [5, 5.41) is 2.83. The van der Waals surface area contributed by atoms with Crippen LogP contribution in [-0.4, -0.2) is 30.0 Å². The number of nitrogens with one attached hydrogen (secondary N) is 1. The minimum atomic E-state index is -0.172. The molecule has 0 bridgehead atoms. The maximum Gasteiger partial charge on any atom is 0.242 e. The highest BCUT2D eigenvalue weighted by molar-refractivity contribution is 5.85. The molecule has 1 amide bonds. The molecule has 0 aromatic carbocycles. The molecule has 86 valence electrons. The Labute approximate surface area is 94.6 Å². The van der Waals surface area contributed by atoms with Crippen molar-refractivity contribution in [2.24, 2.45) is 5.73 Å². The molecule has 1 aliphatic rings. The predicted octanol–water partition coefficient (Wildman–Crippen LogP) is -0.135. The maximum atomic E-state index is 11.5. The molecule has 1 fully saturated rings. The summed E-state index contributed by atoms with van der Waals surface area (Å²) in [5.74, 6) is 0.872. The van der Waals surface area contributed by atoms with Crippen LogP contribution in [0, 0.1) is 0 Å². The second kappa shape index (κ2) is 4.49. The number of aromatic nitrogens is 1. The molecule has 1 atom stereocenters.